The maximum atomic E-state index is 11.3. The number of ketones is 1. The number of hydrogen-bond acceptors (Lipinski definition) is 3. The van der Waals surface area contributed by atoms with Crippen molar-refractivity contribution in [1.29, 1.82) is 0 Å². The Hall–Kier alpha value is -1.65. The summed E-state index contributed by atoms with van der Waals surface area (Å²) in [6.07, 6.45) is 3.17. The lowest BCUT2D eigenvalue weighted by atomic mass is 10.0. The highest BCUT2D eigenvalue weighted by Gasteiger charge is 2.13. The summed E-state index contributed by atoms with van der Waals surface area (Å²) < 4.78 is 0. The Balaban J connectivity index is 4.25. The number of carboxylic acids is 2. The molecule has 2 N–H and O–H groups in total. The first-order chi connectivity index (χ1) is 7.47. The second kappa shape index (κ2) is 7.62. The van der Waals surface area contributed by atoms with E-state index >= 15 is 0 Å². The molecule has 0 heterocycles. The normalized spacial score (nSPS) is 11.2. The zero-order valence-electron chi connectivity index (χ0n) is 9.23. The number of hydrogen-bond donors (Lipinski definition) is 2. The maximum absolute atomic E-state index is 11.3. The Morgan fingerprint density at radius 3 is 2.19 bits per heavy atom. The molecule has 90 valence electrons. The van der Waals surface area contributed by atoms with E-state index < -0.39 is 11.9 Å². The van der Waals surface area contributed by atoms with Gasteiger partial charge in [0.15, 0.2) is 0 Å². The van der Waals surface area contributed by atoms with Crippen LogP contribution >= 0.6 is 0 Å². The minimum absolute atomic E-state index is 0.233. The molecular weight excluding hydrogens is 212 g/mol. The van der Waals surface area contributed by atoms with E-state index in [2.05, 4.69) is 0 Å². The van der Waals surface area contributed by atoms with Gasteiger partial charge in [-0.3, -0.25) is 4.79 Å². The van der Waals surface area contributed by atoms with Crippen molar-refractivity contribution < 1.29 is 24.6 Å². The fourth-order valence-corrected chi connectivity index (χ4v) is 1.21. The predicted octanol–water partition coefficient (Wildman–Crippen LogP) is 1.62. The Bertz CT molecular complexity index is 303. The van der Waals surface area contributed by atoms with Crippen LogP contribution < -0.4 is 0 Å². The Morgan fingerprint density at radius 2 is 1.75 bits per heavy atom. The summed E-state index contributed by atoms with van der Waals surface area (Å²) in [5.41, 5.74) is -0.367. The smallest absolute Gasteiger partial charge is 0.332 e. The van der Waals surface area contributed by atoms with Crippen LogP contribution in [0.25, 0.3) is 0 Å². The van der Waals surface area contributed by atoms with E-state index in [4.69, 9.17) is 10.2 Å². The van der Waals surface area contributed by atoms with Crippen LogP contribution in [-0.4, -0.2) is 27.9 Å². The van der Waals surface area contributed by atoms with Gasteiger partial charge in [-0.1, -0.05) is 19.8 Å². The summed E-state index contributed by atoms with van der Waals surface area (Å²) in [5.74, 6) is -2.94. The molecule has 0 radical (unpaired) electrons. The molecule has 0 saturated carbocycles. The van der Waals surface area contributed by atoms with E-state index in [1.165, 1.54) is 0 Å². The zero-order chi connectivity index (χ0) is 12.6. The van der Waals surface area contributed by atoms with Gasteiger partial charge in [0.25, 0.3) is 0 Å². The standard InChI is InChI=1S/C11H16O5/c1-2-3-4-5-9(12)6-8(11(15)16)7-10(13)14/h7H,2-6H2,1H3,(H,13,14)(H,15,16)/b8-7+. The first kappa shape index (κ1) is 14.3. The van der Waals surface area contributed by atoms with Gasteiger partial charge in [0.05, 0.1) is 5.57 Å². The molecule has 0 aromatic heterocycles. The van der Waals surface area contributed by atoms with Crippen molar-refractivity contribution >= 4 is 17.7 Å². The highest BCUT2D eigenvalue weighted by Crippen LogP contribution is 2.08. The van der Waals surface area contributed by atoms with E-state index in [0.29, 0.717) is 12.5 Å². The topological polar surface area (TPSA) is 91.7 Å². The van der Waals surface area contributed by atoms with E-state index in [0.717, 1.165) is 19.3 Å². The Morgan fingerprint density at radius 1 is 1.12 bits per heavy atom. The van der Waals surface area contributed by atoms with Crippen molar-refractivity contribution in [2.24, 2.45) is 0 Å². The molecule has 0 fully saturated rings. The molecular formula is C11H16O5. The molecule has 0 aliphatic carbocycles. The third-order valence-electron chi connectivity index (χ3n) is 2.02. The average molecular weight is 228 g/mol. The summed E-state index contributed by atoms with van der Waals surface area (Å²) in [5, 5.41) is 17.1. The molecule has 16 heavy (non-hydrogen) atoms. The monoisotopic (exact) mass is 228 g/mol. The molecule has 0 amide bonds. The van der Waals surface area contributed by atoms with Gasteiger partial charge in [0.1, 0.15) is 5.78 Å². The second-order valence-electron chi connectivity index (χ2n) is 3.49. The second-order valence-corrected chi connectivity index (χ2v) is 3.49. The van der Waals surface area contributed by atoms with Gasteiger partial charge in [0, 0.05) is 18.9 Å². The van der Waals surface area contributed by atoms with Gasteiger partial charge in [-0.25, -0.2) is 9.59 Å². The molecule has 0 aliphatic heterocycles. The first-order valence-electron chi connectivity index (χ1n) is 5.15. The van der Waals surface area contributed by atoms with Crippen LogP contribution in [0.4, 0.5) is 0 Å². The molecule has 5 nitrogen and oxygen atoms in total. The van der Waals surface area contributed by atoms with E-state index in [9.17, 15) is 14.4 Å². The number of carbonyl (C=O) groups is 3. The van der Waals surface area contributed by atoms with Crippen LogP contribution in [0, 0.1) is 0 Å². The van der Waals surface area contributed by atoms with Crippen molar-refractivity contribution in [3.8, 4) is 0 Å². The number of rotatable bonds is 8. The summed E-state index contributed by atoms with van der Waals surface area (Å²) in [6, 6.07) is 0. The molecule has 0 saturated heterocycles. The fourth-order valence-electron chi connectivity index (χ4n) is 1.21. The third kappa shape index (κ3) is 6.75. The number of carbonyl (C=O) groups excluding carboxylic acids is 1. The van der Waals surface area contributed by atoms with Crippen LogP contribution in [0.15, 0.2) is 11.6 Å². The molecule has 0 aromatic rings. The highest BCUT2D eigenvalue weighted by atomic mass is 16.4. The summed E-state index contributed by atoms with van der Waals surface area (Å²) in [4.78, 5) is 32.2. The lowest BCUT2D eigenvalue weighted by Gasteiger charge is -2.01. The third-order valence-corrected chi connectivity index (χ3v) is 2.02. The minimum atomic E-state index is -1.36. The van der Waals surface area contributed by atoms with Crippen LogP contribution in [0.5, 0.6) is 0 Å². The van der Waals surface area contributed by atoms with Crippen molar-refractivity contribution in [3.63, 3.8) is 0 Å². The number of aliphatic carboxylic acids is 2. The van der Waals surface area contributed by atoms with E-state index in [-0.39, 0.29) is 17.8 Å². The number of unbranched alkanes of at least 4 members (excludes halogenated alkanes) is 2. The van der Waals surface area contributed by atoms with Gasteiger partial charge < -0.3 is 10.2 Å². The molecule has 5 heteroatoms. The van der Waals surface area contributed by atoms with E-state index in [1.54, 1.807) is 0 Å². The Kier molecular flexibility index (Phi) is 6.83. The predicted molar refractivity (Wildman–Crippen MR) is 57.1 cm³/mol. The van der Waals surface area contributed by atoms with Gasteiger partial charge >= 0.3 is 11.9 Å². The number of carboxylic acid groups (broad SMARTS) is 2. The van der Waals surface area contributed by atoms with Gasteiger partial charge in [0.2, 0.25) is 0 Å². The summed E-state index contributed by atoms with van der Waals surface area (Å²) in [6.45, 7) is 2.00. The lowest BCUT2D eigenvalue weighted by molar-refractivity contribution is -0.135. The Labute approximate surface area is 93.8 Å². The van der Waals surface area contributed by atoms with Crippen molar-refractivity contribution in [3.05, 3.63) is 11.6 Å². The highest BCUT2D eigenvalue weighted by molar-refractivity contribution is 5.99. The van der Waals surface area contributed by atoms with Gasteiger partial charge in [-0.05, 0) is 6.42 Å². The fraction of sp³-hybridized carbons (Fsp3) is 0.545. The summed E-state index contributed by atoms with van der Waals surface area (Å²) >= 11 is 0. The quantitative estimate of drug-likeness (QED) is 0.486. The van der Waals surface area contributed by atoms with Crippen LogP contribution in [-0.2, 0) is 14.4 Å². The largest absolute Gasteiger partial charge is 0.478 e. The molecule has 0 rings (SSSR count). The maximum Gasteiger partial charge on any atom is 0.332 e. The first-order valence-corrected chi connectivity index (χ1v) is 5.15. The molecule has 0 unspecified atom stereocenters. The van der Waals surface area contributed by atoms with Crippen LogP contribution in [0.2, 0.25) is 0 Å². The van der Waals surface area contributed by atoms with Gasteiger partial charge in [-0.2, -0.15) is 0 Å². The SMILES string of the molecule is CCCCCC(=O)C/C(=C\C(=O)O)C(=O)O. The van der Waals surface area contributed by atoms with Crippen molar-refractivity contribution in [2.45, 2.75) is 39.0 Å². The van der Waals surface area contributed by atoms with Crippen molar-refractivity contribution in [1.82, 2.24) is 0 Å². The molecule has 0 aliphatic rings. The molecule has 0 bridgehead atoms. The minimum Gasteiger partial charge on any atom is -0.478 e. The zero-order valence-corrected chi connectivity index (χ0v) is 9.23. The number of Topliss-reactive ketones (excluding diaryl/α,β-unsaturated/α-hetero) is 1. The van der Waals surface area contributed by atoms with Crippen LogP contribution in [0.3, 0.4) is 0 Å². The van der Waals surface area contributed by atoms with Crippen molar-refractivity contribution in [2.75, 3.05) is 0 Å². The molecule has 0 spiro atoms. The lowest BCUT2D eigenvalue weighted by Crippen LogP contribution is -2.09. The van der Waals surface area contributed by atoms with Gasteiger partial charge in [-0.15, -0.1) is 0 Å². The van der Waals surface area contributed by atoms with Crippen LogP contribution in [0.1, 0.15) is 39.0 Å². The van der Waals surface area contributed by atoms with E-state index in [1.807, 2.05) is 6.92 Å². The molecule has 0 atom stereocenters. The molecule has 0 aromatic carbocycles. The average Bonchev–Trinajstić information content (AvgIpc) is 2.16. The summed E-state index contributed by atoms with van der Waals surface area (Å²) in [7, 11) is 0.